The Morgan fingerprint density at radius 1 is 0.438 bits per heavy atom. The number of amides is 1. The number of hydrogen-bond donors (Lipinski definition) is 6. The van der Waals surface area contributed by atoms with Gasteiger partial charge in [0.05, 0.1) is 25.4 Å². The number of carbonyl (C=O) groups is 2. The van der Waals surface area contributed by atoms with Crippen LogP contribution in [0.4, 0.5) is 0 Å². The van der Waals surface area contributed by atoms with Gasteiger partial charge in [0.1, 0.15) is 24.4 Å². The molecule has 520 valence electrons. The number of aliphatic hydroxyl groups is 5. The first kappa shape index (κ1) is 84.4. The summed E-state index contributed by atoms with van der Waals surface area (Å²) in [6.45, 7) is 5.82. The average molecular weight is 1250 g/mol. The van der Waals surface area contributed by atoms with Gasteiger partial charge in [0.15, 0.2) is 12.4 Å². The third kappa shape index (κ3) is 52.4. The first-order chi connectivity index (χ1) is 43.7. The summed E-state index contributed by atoms with van der Waals surface area (Å²) in [6, 6.07) is -1.02. The Morgan fingerprint density at radius 2 is 0.775 bits per heavy atom. The van der Waals surface area contributed by atoms with E-state index in [2.05, 4.69) is 74.7 Å². The fourth-order valence-electron chi connectivity index (χ4n) is 11.9. The molecule has 1 aliphatic heterocycles. The molecule has 1 rings (SSSR count). The third-order valence-electron chi connectivity index (χ3n) is 17.9. The van der Waals surface area contributed by atoms with E-state index in [4.69, 9.17) is 14.2 Å². The van der Waals surface area contributed by atoms with Crippen LogP contribution in [0.5, 0.6) is 0 Å². The standard InChI is InChI=1S/C78H143NO10/c1-4-7-10-13-16-19-22-25-27-29-31-33-34-35-36-37-38-39-41-43-45-48-51-54-57-60-63-66-73(83)89-76-75(85)74(84)72(67-80)88-78(76)87-68-69(70(81)64-61-58-55-52-49-46-24-21-18-15-12-9-6-3)79-77(86)71(82)65-62-59-56-53-50-47-44-42-40-32-30-28-26-23-20-17-14-11-8-5-2/h16,19,25,27,31,33,35-36,61,64,69-72,74-76,78,80-82,84-85H,4-15,17-18,20-24,26,28-30,32,34,37-60,62-63,65-68H2,1-3H3,(H,79,86)/b19-16-,27-25-,33-31-,36-35-,64-61+. The second-order valence-corrected chi connectivity index (χ2v) is 26.4. The molecule has 1 aliphatic rings. The molecule has 0 radical (unpaired) electrons. The monoisotopic (exact) mass is 1250 g/mol. The van der Waals surface area contributed by atoms with Crippen LogP contribution in [0.15, 0.2) is 60.8 Å². The van der Waals surface area contributed by atoms with Crippen LogP contribution >= 0.6 is 0 Å². The number of nitrogens with one attached hydrogen (secondary N) is 1. The van der Waals surface area contributed by atoms with Crippen molar-refractivity contribution in [3.05, 3.63) is 60.8 Å². The molecule has 8 atom stereocenters. The highest BCUT2D eigenvalue weighted by Gasteiger charge is 2.47. The molecule has 89 heavy (non-hydrogen) atoms. The molecule has 1 heterocycles. The lowest BCUT2D eigenvalue weighted by atomic mass is 9.99. The second-order valence-electron chi connectivity index (χ2n) is 26.4. The highest BCUT2D eigenvalue weighted by Crippen LogP contribution is 2.27. The largest absolute Gasteiger partial charge is 0.454 e. The van der Waals surface area contributed by atoms with E-state index in [0.29, 0.717) is 19.3 Å². The summed E-state index contributed by atoms with van der Waals surface area (Å²) < 4.78 is 17.7. The number of allylic oxidation sites excluding steroid dienone is 9. The van der Waals surface area contributed by atoms with Crippen LogP contribution in [0.3, 0.4) is 0 Å². The maximum absolute atomic E-state index is 13.5. The fraction of sp³-hybridized carbons (Fsp3) is 0.846. The van der Waals surface area contributed by atoms with Gasteiger partial charge in [0.25, 0.3) is 0 Å². The highest BCUT2D eigenvalue weighted by atomic mass is 16.7. The Balaban J connectivity index is 2.54. The minimum Gasteiger partial charge on any atom is -0.454 e. The smallest absolute Gasteiger partial charge is 0.306 e. The van der Waals surface area contributed by atoms with Gasteiger partial charge in [0, 0.05) is 6.42 Å². The summed E-state index contributed by atoms with van der Waals surface area (Å²) in [4.78, 5) is 26.7. The maximum Gasteiger partial charge on any atom is 0.306 e. The van der Waals surface area contributed by atoms with E-state index in [0.717, 1.165) is 83.5 Å². The van der Waals surface area contributed by atoms with Crippen molar-refractivity contribution in [1.82, 2.24) is 5.32 Å². The first-order valence-corrected chi connectivity index (χ1v) is 38.1. The maximum atomic E-state index is 13.5. The molecule has 0 bridgehead atoms. The number of hydrogen-bond acceptors (Lipinski definition) is 10. The Bertz CT molecular complexity index is 1680. The molecule has 0 saturated carbocycles. The summed E-state index contributed by atoms with van der Waals surface area (Å²) in [5.41, 5.74) is 0. The molecular formula is C78H143NO10. The number of aliphatic hydroxyl groups excluding tert-OH is 5. The van der Waals surface area contributed by atoms with Gasteiger partial charge >= 0.3 is 5.97 Å². The quantitative estimate of drug-likeness (QED) is 0.0195. The van der Waals surface area contributed by atoms with E-state index < -0.39 is 67.4 Å². The molecule has 1 saturated heterocycles. The molecule has 0 aromatic carbocycles. The van der Waals surface area contributed by atoms with E-state index in [1.165, 1.54) is 231 Å². The van der Waals surface area contributed by atoms with E-state index >= 15 is 0 Å². The van der Waals surface area contributed by atoms with Gasteiger partial charge in [-0.25, -0.2) is 0 Å². The Kier molecular flexibility index (Phi) is 62.0. The van der Waals surface area contributed by atoms with E-state index in [1.807, 2.05) is 6.08 Å². The van der Waals surface area contributed by atoms with Gasteiger partial charge in [-0.2, -0.15) is 0 Å². The zero-order chi connectivity index (χ0) is 64.6. The van der Waals surface area contributed by atoms with Crippen molar-refractivity contribution < 1.29 is 49.3 Å². The number of rotatable bonds is 66. The molecule has 0 aromatic heterocycles. The van der Waals surface area contributed by atoms with Crippen molar-refractivity contribution in [3.63, 3.8) is 0 Å². The van der Waals surface area contributed by atoms with Crippen molar-refractivity contribution in [2.24, 2.45) is 0 Å². The lowest BCUT2D eigenvalue weighted by Gasteiger charge is -2.41. The number of carbonyl (C=O) groups excluding carboxylic acids is 2. The SMILES string of the molecule is CCCCC/C=C\C/C=C\C/C=C\C/C=C\CCCCCCCCCCCCCC(=O)OC1C(OCC(NC(=O)C(O)CCCCCCCCCCCCCCCCCCCCCC)C(O)/C=C/CCCCCCCCCCCCC)OC(CO)C(O)C1O. The minimum absolute atomic E-state index is 0.120. The third-order valence-corrected chi connectivity index (χ3v) is 17.9. The van der Waals surface area contributed by atoms with Gasteiger partial charge in [-0.15, -0.1) is 0 Å². The lowest BCUT2D eigenvalue weighted by Crippen LogP contribution is -2.61. The zero-order valence-electron chi connectivity index (χ0n) is 58.1. The molecule has 11 nitrogen and oxygen atoms in total. The van der Waals surface area contributed by atoms with E-state index in [9.17, 15) is 35.1 Å². The Labute approximate surface area is 548 Å². The predicted molar refractivity (Wildman–Crippen MR) is 375 cm³/mol. The highest BCUT2D eigenvalue weighted by molar-refractivity contribution is 5.80. The molecule has 0 aromatic rings. The van der Waals surface area contributed by atoms with Crippen molar-refractivity contribution in [2.45, 2.75) is 410 Å². The normalized spacial score (nSPS) is 18.4. The van der Waals surface area contributed by atoms with Gasteiger partial charge in [-0.1, -0.05) is 345 Å². The minimum atomic E-state index is -1.62. The summed E-state index contributed by atoms with van der Waals surface area (Å²) in [6.07, 6.45) is 74.0. The van der Waals surface area contributed by atoms with Crippen molar-refractivity contribution >= 4 is 11.9 Å². The van der Waals surface area contributed by atoms with Crippen LogP contribution in [0.1, 0.15) is 361 Å². The lowest BCUT2D eigenvalue weighted by molar-refractivity contribution is -0.305. The van der Waals surface area contributed by atoms with E-state index in [1.54, 1.807) is 6.08 Å². The van der Waals surface area contributed by atoms with Crippen molar-refractivity contribution in [3.8, 4) is 0 Å². The zero-order valence-corrected chi connectivity index (χ0v) is 58.1. The molecule has 11 heteroatoms. The molecule has 1 amide bonds. The van der Waals surface area contributed by atoms with Crippen molar-refractivity contribution in [1.29, 1.82) is 0 Å². The average Bonchev–Trinajstić information content (AvgIpc) is 1.85. The van der Waals surface area contributed by atoms with Crippen LogP contribution in [0, 0.1) is 0 Å². The first-order valence-electron chi connectivity index (χ1n) is 38.1. The molecule has 1 fully saturated rings. The van der Waals surface area contributed by atoms with Crippen LogP contribution in [-0.2, 0) is 23.8 Å². The summed E-state index contributed by atoms with van der Waals surface area (Å²) in [5.74, 6) is -1.18. The molecule has 6 N–H and O–H groups in total. The van der Waals surface area contributed by atoms with Gasteiger partial charge in [0.2, 0.25) is 5.91 Å². The number of ether oxygens (including phenoxy) is 3. The summed E-state index contributed by atoms with van der Waals surface area (Å²) in [5, 5.41) is 57.4. The van der Waals surface area contributed by atoms with Crippen molar-refractivity contribution in [2.75, 3.05) is 13.2 Å². The van der Waals surface area contributed by atoms with Crippen LogP contribution in [0.2, 0.25) is 0 Å². The van der Waals surface area contributed by atoms with E-state index in [-0.39, 0.29) is 13.0 Å². The number of unbranched alkanes of at least 4 members (excludes halogenated alkanes) is 44. The van der Waals surface area contributed by atoms with Gasteiger partial charge in [-0.05, 0) is 70.6 Å². The molecular weight excluding hydrogens is 1110 g/mol. The molecule has 8 unspecified atom stereocenters. The topological polar surface area (TPSA) is 175 Å². The predicted octanol–water partition coefficient (Wildman–Crippen LogP) is 20.1. The Hall–Kier alpha value is -2.64. The summed E-state index contributed by atoms with van der Waals surface area (Å²) in [7, 11) is 0. The van der Waals surface area contributed by atoms with Gasteiger partial charge < -0.3 is 45.1 Å². The Morgan fingerprint density at radius 3 is 1.18 bits per heavy atom. The fourth-order valence-corrected chi connectivity index (χ4v) is 11.9. The number of esters is 1. The molecule has 0 aliphatic carbocycles. The second kappa shape index (κ2) is 65.4. The van der Waals surface area contributed by atoms with Crippen LogP contribution < -0.4 is 5.32 Å². The molecule has 0 spiro atoms. The van der Waals surface area contributed by atoms with Crippen LogP contribution in [-0.4, -0.2) is 99.6 Å². The van der Waals surface area contributed by atoms with Gasteiger partial charge in [-0.3, -0.25) is 9.59 Å². The van der Waals surface area contributed by atoms with Crippen LogP contribution in [0.25, 0.3) is 0 Å². The summed E-state index contributed by atoms with van der Waals surface area (Å²) >= 11 is 0.